The van der Waals surface area contributed by atoms with Gasteiger partial charge in [-0.15, -0.1) is 0 Å². The molecule has 1 rings (SSSR count). The molecule has 1 amide bonds. The molecule has 0 N–H and O–H groups in total. The molecule has 1 aliphatic rings. The number of carbonyl (C=O) groups excluding carboxylic acids is 3. The molecule has 1 saturated heterocycles. The summed E-state index contributed by atoms with van der Waals surface area (Å²) in [6.45, 7) is 16.0. The molecule has 3 atom stereocenters. The second-order valence-electron chi connectivity index (χ2n) is 16.0. The molecule has 0 radical (unpaired) electrons. The number of ether oxygens (including phenoxy) is 3. The smallest absolute Gasteiger partial charge is 0.308 e. The van der Waals surface area contributed by atoms with Gasteiger partial charge in [0.05, 0.1) is 38.1 Å². The van der Waals surface area contributed by atoms with Crippen molar-refractivity contribution in [2.45, 2.75) is 195 Å². The topological polar surface area (TPSA) is 85.4 Å². The minimum Gasteiger partial charge on any atom is -0.464 e. The summed E-state index contributed by atoms with van der Waals surface area (Å²) < 4.78 is 17.3. The summed E-state index contributed by atoms with van der Waals surface area (Å²) in [5, 5.41) is 0. The zero-order valence-corrected chi connectivity index (χ0v) is 35.6. The molecule has 8 nitrogen and oxygen atoms in total. The van der Waals surface area contributed by atoms with Gasteiger partial charge in [0.1, 0.15) is 13.2 Å². The molecular formula is C45H86N2O6. The van der Waals surface area contributed by atoms with Crippen LogP contribution in [0.5, 0.6) is 0 Å². The van der Waals surface area contributed by atoms with Crippen LogP contribution in [0.3, 0.4) is 0 Å². The first-order valence-corrected chi connectivity index (χ1v) is 22.8. The predicted molar refractivity (Wildman–Crippen MR) is 220 cm³/mol. The monoisotopic (exact) mass is 751 g/mol. The van der Waals surface area contributed by atoms with Gasteiger partial charge in [0.2, 0.25) is 5.91 Å². The Labute approximate surface area is 327 Å². The number of nitrogens with zero attached hydrogens (tertiary/aromatic N) is 2. The summed E-state index contributed by atoms with van der Waals surface area (Å²) in [6, 6.07) is 0. The first kappa shape index (κ1) is 49.3. The first-order chi connectivity index (χ1) is 25.9. The van der Waals surface area contributed by atoms with E-state index in [1.54, 1.807) is 4.90 Å². The van der Waals surface area contributed by atoms with E-state index in [0.29, 0.717) is 13.1 Å². The molecule has 0 aromatic heterocycles. The van der Waals surface area contributed by atoms with E-state index in [9.17, 15) is 14.4 Å². The highest BCUT2D eigenvalue weighted by molar-refractivity contribution is 5.78. The average molecular weight is 751 g/mol. The Balaban J connectivity index is 2.83. The molecule has 53 heavy (non-hydrogen) atoms. The van der Waals surface area contributed by atoms with E-state index in [-0.39, 0.29) is 48.8 Å². The summed E-state index contributed by atoms with van der Waals surface area (Å²) in [5.74, 6) is -0.517. The summed E-state index contributed by atoms with van der Waals surface area (Å²) in [7, 11) is 0. The fraction of sp³-hybridized carbons (Fsp3) is 0.933. The maximum Gasteiger partial charge on any atom is 0.308 e. The van der Waals surface area contributed by atoms with Crippen molar-refractivity contribution in [1.82, 2.24) is 9.80 Å². The third-order valence-corrected chi connectivity index (χ3v) is 11.2. The molecular weight excluding hydrogens is 665 g/mol. The number of morpholine rings is 1. The lowest BCUT2D eigenvalue weighted by Crippen LogP contribution is -2.42. The molecule has 1 heterocycles. The number of carbonyl (C=O) groups is 3. The molecule has 0 aromatic rings. The van der Waals surface area contributed by atoms with E-state index < -0.39 is 0 Å². The van der Waals surface area contributed by atoms with Crippen molar-refractivity contribution in [2.24, 2.45) is 17.8 Å². The molecule has 1 aliphatic heterocycles. The fourth-order valence-corrected chi connectivity index (χ4v) is 7.45. The van der Waals surface area contributed by atoms with Crippen LogP contribution in [0.1, 0.15) is 195 Å². The van der Waals surface area contributed by atoms with Crippen LogP contribution < -0.4 is 0 Å². The number of rotatable bonds is 36. The molecule has 312 valence electrons. The highest BCUT2D eigenvalue weighted by atomic mass is 16.5. The lowest BCUT2D eigenvalue weighted by atomic mass is 9.94. The van der Waals surface area contributed by atoms with Crippen molar-refractivity contribution in [1.29, 1.82) is 0 Å². The van der Waals surface area contributed by atoms with Crippen LogP contribution in [0.4, 0.5) is 0 Å². The van der Waals surface area contributed by atoms with Crippen molar-refractivity contribution in [3.05, 3.63) is 0 Å². The normalized spacial score (nSPS) is 15.2. The van der Waals surface area contributed by atoms with E-state index in [1.165, 1.54) is 89.9 Å². The van der Waals surface area contributed by atoms with Crippen LogP contribution in [0.15, 0.2) is 0 Å². The van der Waals surface area contributed by atoms with Gasteiger partial charge < -0.3 is 19.1 Å². The van der Waals surface area contributed by atoms with E-state index in [0.717, 1.165) is 103 Å². The maximum absolute atomic E-state index is 13.8. The van der Waals surface area contributed by atoms with Gasteiger partial charge in [-0.25, -0.2) is 0 Å². The van der Waals surface area contributed by atoms with Gasteiger partial charge in [-0.2, -0.15) is 0 Å². The van der Waals surface area contributed by atoms with Gasteiger partial charge in [-0.3, -0.25) is 19.3 Å². The highest BCUT2D eigenvalue weighted by Crippen LogP contribution is 2.22. The third kappa shape index (κ3) is 25.9. The molecule has 0 aromatic carbocycles. The summed E-state index contributed by atoms with van der Waals surface area (Å²) in [6.07, 6.45) is 27.9. The third-order valence-electron chi connectivity index (χ3n) is 11.2. The van der Waals surface area contributed by atoms with Gasteiger partial charge in [-0.1, -0.05) is 163 Å². The maximum atomic E-state index is 13.8. The zero-order valence-electron chi connectivity index (χ0n) is 35.6. The number of unbranched alkanes of at least 4 members (excludes halogenated alkanes) is 16. The Kier molecular flexibility index (Phi) is 32.4. The van der Waals surface area contributed by atoms with Crippen LogP contribution >= 0.6 is 0 Å². The summed E-state index contributed by atoms with van der Waals surface area (Å²) in [5.41, 5.74) is 0. The van der Waals surface area contributed by atoms with Crippen molar-refractivity contribution in [3.8, 4) is 0 Å². The Morgan fingerprint density at radius 2 is 0.906 bits per heavy atom. The van der Waals surface area contributed by atoms with Gasteiger partial charge in [-0.05, 0) is 38.6 Å². The fourth-order valence-electron chi connectivity index (χ4n) is 7.45. The Hall–Kier alpha value is -1.67. The van der Waals surface area contributed by atoms with Gasteiger partial charge in [0.15, 0.2) is 0 Å². The zero-order chi connectivity index (χ0) is 38.8. The quantitative estimate of drug-likeness (QED) is 0.0465. The van der Waals surface area contributed by atoms with E-state index in [2.05, 4.69) is 32.6 Å². The van der Waals surface area contributed by atoms with Crippen molar-refractivity contribution in [2.75, 3.05) is 59.2 Å². The number of amides is 1. The van der Waals surface area contributed by atoms with Gasteiger partial charge in [0, 0.05) is 19.0 Å². The minimum absolute atomic E-state index is 0.0387. The standard InChI is InChI=1S/C45H86N2O6/c1-6-10-14-18-20-24-28-41(26-22-16-12-8-3)44(49)52-38-34-47(43(48)40(5)30-31-46-32-36-51-37-33-46)35-39-53-45(50)42(27-23-17-13-9-4)29-25-21-19-15-11-7-2/h40-42H,6-39H2,1-5H3. The molecule has 8 heteroatoms. The van der Waals surface area contributed by atoms with Crippen LogP contribution in [-0.4, -0.2) is 86.8 Å². The Morgan fingerprint density at radius 3 is 1.30 bits per heavy atom. The lowest BCUT2D eigenvalue weighted by molar-refractivity contribution is -0.153. The second kappa shape index (κ2) is 34.8. The lowest BCUT2D eigenvalue weighted by Gasteiger charge is -2.29. The Bertz CT molecular complexity index is 829. The molecule has 0 spiro atoms. The SMILES string of the molecule is CCCCCCCCC(CCCCCC)C(=O)OCCN(CCOC(=O)C(CCCCCC)CCCCCCCC)C(=O)C(C)CCN1CCOCC1. The van der Waals surface area contributed by atoms with Crippen molar-refractivity contribution >= 4 is 17.8 Å². The highest BCUT2D eigenvalue weighted by Gasteiger charge is 2.25. The number of hydrogen-bond acceptors (Lipinski definition) is 7. The summed E-state index contributed by atoms with van der Waals surface area (Å²) in [4.78, 5) is 44.8. The van der Waals surface area contributed by atoms with Crippen molar-refractivity contribution in [3.63, 3.8) is 0 Å². The summed E-state index contributed by atoms with van der Waals surface area (Å²) >= 11 is 0. The predicted octanol–water partition coefficient (Wildman–Crippen LogP) is 10.9. The average Bonchev–Trinajstić information content (AvgIpc) is 3.17. The van der Waals surface area contributed by atoms with Gasteiger partial charge >= 0.3 is 11.9 Å². The molecule has 0 saturated carbocycles. The molecule has 0 bridgehead atoms. The van der Waals surface area contributed by atoms with Crippen LogP contribution in [0, 0.1) is 17.8 Å². The van der Waals surface area contributed by atoms with E-state index in [1.807, 2.05) is 6.92 Å². The van der Waals surface area contributed by atoms with Crippen LogP contribution in [0.2, 0.25) is 0 Å². The molecule has 3 unspecified atom stereocenters. The molecule has 1 fully saturated rings. The van der Waals surface area contributed by atoms with Crippen molar-refractivity contribution < 1.29 is 28.6 Å². The second-order valence-corrected chi connectivity index (χ2v) is 16.0. The van der Waals surface area contributed by atoms with Crippen LogP contribution in [-0.2, 0) is 28.6 Å². The van der Waals surface area contributed by atoms with Crippen LogP contribution in [0.25, 0.3) is 0 Å². The largest absolute Gasteiger partial charge is 0.464 e. The molecule has 0 aliphatic carbocycles. The van der Waals surface area contributed by atoms with E-state index >= 15 is 0 Å². The van der Waals surface area contributed by atoms with Gasteiger partial charge in [0.25, 0.3) is 0 Å². The number of hydrogen-bond donors (Lipinski definition) is 0. The minimum atomic E-state index is -0.178. The Morgan fingerprint density at radius 1 is 0.547 bits per heavy atom. The first-order valence-electron chi connectivity index (χ1n) is 22.8. The van der Waals surface area contributed by atoms with E-state index in [4.69, 9.17) is 14.2 Å². The number of esters is 2.